The number of carbonyl (C=O) groups is 2. The van der Waals surface area contributed by atoms with Gasteiger partial charge in [0.25, 0.3) is 0 Å². The summed E-state index contributed by atoms with van der Waals surface area (Å²) in [6, 6.07) is 11.4. The smallest absolute Gasteiger partial charge is 0.303 e. The maximum atomic E-state index is 13.9. The first-order chi connectivity index (χ1) is 18.2. The van der Waals surface area contributed by atoms with Crippen molar-refractivity contribution in [1.82, 2.24) is 9.97 Å². The van der Waals surface area contributed by atoms with E-state index in [1.165, 1.54) is 6.33 Å². The van der Waals surface area contributed by atoms with E-state index in [9.17, 15) is 18.4 Å². The molecular formula is C28H23ClF2N2O5. The first-order valence-corrected chi connectivity index (χ1v) is 12.1. The van der Waals surface area contributed by atoms with Gasteiger partial charge in [-0.05, 0) is 66.4 Å². The summed E-state index contributed by atoms with van der Waals surface area (Å²) in [6.45, 7) is 2.11. The number of carbonyl (C=O) groups excluding carboxylic acids is 1. The van der Waals surface area contributed by atoms with E-state index in [2.05, 4.69) is 9.97 Å². The molecule has 38 heavy (non-hydrogen) atoms. The molecular weight excluding hydrogens is 518 g/mol. The van der Waals surface area contributed by atoms with Crippen LogP contribution in [0.1, 0.15) is 29.5 Å². The molecule has 4 rings (SSSR count). The quantitative estimate of drug-likeness (QED) is 0.224. The predicted octanol–water partition coefficient (Wildman–Crippen LogP) is 6.26. The van der Waals surface area contributed by atoms with Crippen LogP contribution in [0, 0.1) is 18.6 Å². The summed E-state index contributed by atoms with van der Waals surface area (Å²) in [4.78, 5) is 31.6. The van der Waals surface area contributed by atoms with Crippen LogP contribution in [-0.2, 0) is 22.4 Å². The van der Waals surface area contributed by atoms with E-state index in [-0.39, 0.29) is 48.1 Å². The molecule has 3 aromatic carbocycles. The van der Waals surface area contributed by atoms with E-state index in [0.29, 0.717) is 34.4 Å². The molecule has 0 saturated heterocycles. The number of carboxylic acid groups (broad SMARTS) is 1. The Morgan fingerprint density at radius 1 is 1.00 bits per heavy atom. The van der Waals surface area contributed by atoms with Crippen LogP contribution in [0.25, 0.3) is 10.9 Å². The van der Waals surface area contributed by atoms with Gasteiger partial charge in [0.15, 0.2) is 0 Å². The van der Waals surface area contributed by atoms with Gasteiger partial charge in [-0.2, -0.15) is 0 Å². The summed E-state index contributed by atoms with van der Waals surface area (Å²) >= 11 is 6.39. The van der Waals surface area contributed by atoms with E-state index < -0.39 is 17.6 Å². The Kier molecular flexibility index (Phi) is 8.48. The minimum absolute atomic E-state index is 0.00849. The number of hydrogen-bond donors (Lipinski definition) is 1. The van der Waals surface area contributed by atoms with Crippen LogP contribution in [0.15, 0.2) is 54.9 Å². The highest BCUT2D eigenvalue weighted by Crippen LogP contribution is 2.33. The molecule has 0 unspecified atom stereocenters. The molecule has 0 spiro atoms. The van der Waals surface area contributed by atoms with Crippen LogP contribution < -0.4 is 9.47 Å². The minimum Gasteiger partial charge on any atom is -0.493 e. The zero-order valence-corrected chi connectivity index (χ0v) is 21.1. The highest BCUT2D eigenvalue weighted by atomic mass is 35.5. The summed E-state index contributed by atoms with van der Waals surface area (Å²) in [5.41, 5.74) is 1.89. The van der Waals surface area contributed by atoms with Crippen LogP contribution in [0.2, 0.25) is 5.02 Å². The lowest BCUT2D eigenvalue weighted by Gasteiger charge is -2.13. The number of ether oxygens (including phenoxy) is 2. The van der Waals surface area contributed by atoms with Crippen molar-refractivity contribution >= 4 is 34.3 Å². The van der Waals surface area contributed by atoms with Crippen LogP contribution >= 0.6 is 11.6 Å². The van der Waals surface area contributed by atoms with Gasteiger partial charge in [-0.1, -0.05) is 17.7 Å². The SMILES string of the molecule is Cc1cc2c(Oc3ccc(CC(=O)Cc4cc(F)ccc4F)c(Cl)c3)ncnc2cc1OCCCC(=O)O. The molecule has 4 aromatic rings. The molecule has 0 aliphatic carbocycles. The summed E-state index contributed by atoms with van der Waals surface area (Å²) in [6.07, 6.45) is 1.44. The van der Waals surface area contributed by atoms with E-state index in [1.54, 1.807) is 24.3 Å². The number of ketones is 1. The average molecular weight is 541 g/mol. The number of aliphatic carboxylic acids is 1. The monoisotopic (exact) mass is 540 g/mol. The number of nitrogens with zero attached hydrogens (tertiary/aromatic N) is 2. The Morgan fingerprint density at radius 3 is 2.55 bits per heavy atom. The van der Waals surface area contributed by atoms with E-state index >= 15 is 0 Å². The van der Waals surface area contributed by atoms with Gasteiger partial charge in [-0.15, -0.1) is 0 Å². The maximum Gasteiger partial charge on any atom is 0.303 e. The zero-order chi connectivity index (χ0) is 27.2. The molecule has 0 aliphatic heterocycles. The fourth-order valence-corrected chi connectivity index (χ4v) is 4.06. The highest BCUT2D eigenvalue weighted by Gasteiger charge is 2.15. The number of halogens is 3. The third-order valence-corrected chi connectivity index (χ3v) is 6.06. The molecule has 0 bridgehead atoms. The minimum atomic E-state index is -0.877. The molecule has 0 saturated carbocycles. The normalized spacial score (nSPS) is 10.9. The van der Waals surface area contributed by atoms with Crippen molar-refractivity contribution < 1.29 is 33.0 Å². The number of Topliss-reactive ketones (excluding diaryl/α,β-unsaturated/α-hetero) is 1. The molecule has 1 heterocycles. The van der Waals surface area contributed by atoms with Gasteiger partial charge in [0.1, 0.15) is 35.2 Å². The van der Waals surface area contributed by atoms with Gasteiger partial charge in [0.05, 0.1) is 17.5 Å². The average Bonchev–Trinajstić information content (AvgIpc) is 2.86. The fourth-order valence-electron chi connectivity index (χ4n) is 3.82. The van der Waals surface area contributed by atoms with Gasteiger partial charge in [-0.25, -0.2) is 18.7 Å². The molecule has 7 nitrogen and oxygen atoms in total. The zero-order valence-electron chi connectivity index (χ0n) is 20.3. The lowest BCUT2D eigenvalue weighted by Crippen LogP contribution is -2.08. The lowest BCUT2D eigenvalue weighted by molar-refractivity contribution is -0.137. The van der Waals surface area contributed by atoms with Crippen molar-refractivity contribution in [2.24, 2.45) is 0 Å². The van der Waals surface area contributed by atoms with Crippen LogP contribution in [0.3, 0.4) is 0 Å². The second-order valence-corrected chi connectivity index (χ2v) is 9.05. The molecule has 0 amide bonds. The Labute approximate surface area is 222 Å². The third kappa shape index (κ3) is 6.80. The van der Waals surface area contributed by atoms with Gasteiger partial charge < -0.3 is 14.6 Å². The van der Waals surface area contributed by atoms with Gasteiger partial charge in [-0.3, -0.25) is 9.59 Å². The van der Waals surface area contributed by atoms with Gasteiger partial charge in [0.2, 0.25) is 5.88 Å². The van der Waals surface area contributed by atoms with Gasteiger partial charge in [0, 0.05) is 30.4 Å². The van der Waals surface area contributed by atoms with Crippen molar-refractivity contribution in [2.75, 3.05) is 6.61 Å². The summed E-state index contributed by atoms with van der Waals surface area (Å²) in [5, 5.41) is 9.68. The Balaban J connectivity index is 1.46. The number of hydrogen-bond acceptors (Lipinski definition) is 6. The Morgan fingerprint density at radius 2 is 1.79 bits per heavy atom. The molecule has 0 radical (unpaired) electrons. The fraction of sp³-hybridized carbons (Fsp3) is 0.214. The Bertz CT molecular complexity index is 1510. The predicted molar refractivity (Wildman–Crippen MR) is 137 cm³/mol. The molecule has 1 N–H and O–H groups in total. The second-order valence-electron chi connectivity index (χ2n) is 8.64. The molecule has 0 aliphatic rings. The largest absolute Gasteiger partial charge is 0.493 e. The van der Waals surface area contributed by atoms with E-state index in [1.807, 2.05) is 13.0 Å². The van der Waals surface area contributed by atoms with Crippen LogP contribution in [0.5, 0.6) is 17.4 Å². The molecule has 0 fully saturated rings. The number of fused-ring (bicyclic) bond motifs is 1. The standard InChI is InChI=1S/C28H23ClF2N2O5/c1-16-9-22-25(14-26(16)37-8-2-3-27(35)36)32-15-33-28(22)38-21-6-4-17(23(29)13-21)11-20(34)12-18-10-19(30)5-7-24(18)31/h4-7,9-10,13-15H,2-3,8,11-12H2,1H3,(H,35,36). The Hall–Kier alpha value is -4.11. The summed E-state index contributed by atoms with van der Waals surface area (Å²) < 4.78 is 38.9. The van der Waals surface area contributed by atoms with Crippen molar-refractivity contribution in [3.63, 3.8) is 0 Å². The number of carboxylic acids is 1. The molecule has 1 aromatic heterocycles. The summed E-state index contributed by atoms with van der Waals surface area (Å²) in [5.74, 6) is -1.19. The van der Waals surface area contributed by atoms with E-state index in [4.69, 9.17) is 26.2 Å². The van der Waals surface area contributed by atoms with Crippen LogP contribution in [0.4, 0.5) is 8.78 Å². The third-order valence-electron chi connectivity index (χ3n) is 5.71. The maximum absolute atomic E-state index is 13.9. The number of aryl methyl sites for hydroxylation is 1. The number of benzene rings is 3. The van der Waals surface area contributed by atoms with Crippen molar-refractivity contribution in [3.05, 3.63) is 88.2 Å². The number of rotatable bonds is 11. The van der Waals surface area contributed by atoms with E-state index in [0.717, 1.165) is 23.8 Å². The topological polar surface area (TPSA) is 98.6 Å². The van der Waals surface area contributed by atoms with Crippen LogP contribution in [-0.4, -0.2) is 33.4 Å². The highest BCUT2D eigenvalue weighted by molar-refractivity contribution is 6.31. The molecule has 196 valence electrons. The first kappa shape index (κ1) is 26.9. The van der Waals surface area contributed by atoms with Gasteiger partial charge >= 0.3 is 5.97 Å². The lowest BCUT2D eigenvalue weighted by atomic mass is 10.0. The molecule has 0 atom stereocenters. The van der Waals surface area contributed by atoms with Crippen molar-refractivity contribution in [3.8, 4) is 17.4 Å². The summed E-state index contributed by atoms with van der Waals surface area (Å²) in [7, 11) is 0. The number of aromatic nitrogens is 2. The second kappa shape index (κ2) is 12.0. The van der Waals surface area contributed by atoms with Crippen molar-refractivity contribution in [1.29, 1.82) is 0 Å². The first-order valence-electron chi connectivity index (χ1n) is 11.7. The molecule has 10 heteroatoms. The van der Waals surface area contributed by atoms with Crippen molar-refractivity contribution in [2.45, 2.75) is 32.6 Å².